The molecule has 0 radical (unpaired) electrons. The molecule has 2 heterocycles. The standard InChI is InChI=1S/C23H20Cl2F3N5O/c1-32(2)11-13-3-8-17-16(9-13)19-20(33(17)12-23(26,27)28)21(25)31-18(30-19)10-29-22(34)14-4-6-15(24)7-5-14/h3-9H,10-12H2,1-2H3,(H,29,34). The van der Waals surface area contributed by atoms with Crippen LogP contribution < -0.4 is 5.32 Å². The van der Waals surface area contributed by atoms with E-state index in [0.29, 0.717) is 33.6 Å². The van der Waals surface area contributed by atoms with Gasteiger partial charge < -0.3 is 14.8 Å². The number of carbonyl (C=O) groups excluding carboxylic acids is 1. The summed E-state index contributed by atoms with van der Waals surface area (Å²) in [4.78, 5) is 23.0. The van der Waals surface area contributed by atoms with Gasteiger partial charge in [-0.3, -0.25) is 4.79 Å². The molecular formula is C23H20Cl2F3N5O. The highest BCUT2D eigenvalue weighted by atomic mass is 35.5. The van der Waals surface area contributed by atoms with Crippen LogP contribution in [0, 0.1) is 0 Å². The van der Waals surface area contributed by atoms with Gasteiger partial charge in [0.25, 0.3) is 5.91 Å². The van der Waals surface area contributed by atoms with Gasteiger partial charge in [0.2, 0.25) is 0 Å². The molecule has 11 heteroatoms. The lowest BCUT2D eigenvalue weighted by Gasteiger charge is -2.12. The SMILES string of the molecule is CN(C)Cc1ccc2c(c1)c1nc(CNC(=O)c3ccc(Cl)cc3)nc(Cl)c1n2CC(F)(F)F. The molecule has 34 heavy (non-hydrogen) atoms. The molecule has 0 atom stereocenters. The van der Waals surface area contributed by atoms with Crippen molar-refractivity contribution in [1.82, 2.24) is 24.8 Å². The van der Waals surface area contributed by atoms with Gasteiger partial charge in [-0.25, -0.2) is 9.97 Å². The number of hydrogen-bond acceptors (Lipinski definition) is 4. The molecule has 0 aliphatic carbocycles. The van der Waals surface area contributed by atoms with Crippen molar-refractivity contribution in [1.29, 1.82) is 0 Å². The molecule has 0 unspecified atom stereocenters. The number of aromatic nitrogens is 3. The Hall–Kier alpha value is -2.88. The molecule has 1 N–H and O–H groups in total. The second-order valence-electron chi connectivity index (χ2n) is 8.11. The normalized spacial score (nSPS) is 12.1. The van der Waals surface area contributed by atoms with E-state index in [-0.39, 0.29) is 28.9 Å². The molecule has 0 spiro atoms. The molecule has 0 saturated carbocycles. The third-order valence-corrected chi connectivity index (χ3v) is 5.63. The minimum absolute atomic E-state index is 0.0551. The van der Waals surface area contributed by atoms with Crippen LogP contribution in [0.1, 0.15) is 21.7 Å². The summed E-state index contributed by atoms with van der Waals surface area (Å²) in [5, 5.41) is 3.62. The van der Waals surface area contributed by atoms with E-state index in [1.807, 2.05) is 25.1 Å². The molecule has 1 amide bonds. The molecule has 0 fully saturated rings. The molecule has 6 nitrogen and oxygen atoms in total. The summed E-state index contributed by atoms with van der Waals surface area (Å²) in [5.41, 5.74) is 2.07. The van der Waals surface area contributed by atoms with Crippen molar-refractivity contribution in [2.24, 2.45) is 0 Å². The van der Waals surface area contributed by atoms with Crippen LogP contribution in [-0.4, -0.2) is 45.6 Å². The van der Waals surface area contributed by atoms with E-state index in [4.69, 9.17) is 23.2 Å². The Morgan fingerprint density at radius 2 is 1.79 bits per heavy atom. The van der Waals surface area contributed by atoms with Crippen LogP contribution in [-0.2, 0) is 19.6 Å². The molecule has 2 aromatic carbocycles. The monoisotopic (exact) mass is 509 g/mol. The number of benzene rings is 2. The Bertz CT molecular complexity index is 1370. The fourth-order valence-corrected chi connectivity index (χ4v) is 4.19. The van der Waals surface area contributed by atoms with E-state index >= 15 is 0 Å². The van der Waals surface area contributed by atoms with Gasteiger partial charge in [-0.1, -0.05) is 29.3 Å². The van der Waals surface area contributed by atoms with E-state index in [9.17, 15) is 18.0 Å². The lowest BCUT2D eigenvalue weighted by molar-refractivity contribution is -0.139. The van der Waals surface area contributed by atoms with Crippen LogP contribution in [0.3, 0.4) is 0 Å². The van der Waals surface area contributed by atoms with Gasteiger partial charge in [-0.15, -0.1) is 0 Å². The van der Waals surface area contributed by atoms with Gasteiger partial charge in [0.15, 0.2) is 5.15 Å². The van der Waals surface area contributed by atoms with Crippen LogP contribution in [0.2, 0.25) is 10.2 Å². The summed E-state index contributed by atoms with van der Waals surface area (Å²) >= 11 is 12.2. The molecule has 4 rings (SSSR count). The van der Waals surface area contributed by atoms with Crippen LogP contribution in [0.15, 0.2) is 42.5 Å². The zero-order chi connectivity index (χ0) is 24.6. The molecular weight excluding hydrogens is 490 g/mol. The van der Waals surface area contributed by atoms with Crippen molar-refractivity contribution < 1.29 is 18.0 Å². The Morgan fingerprint density at radius 3 is 2.44 bits per heavy atom. The highest BCUT2D eigenvalue weighted by molar-refractivity contribution is 6.35. The lowest BCUT2D eigenvalue weighted by Crippen LogP contribution is -2.24. The van der Waals surface area contributed by atoms with Crippen molar-refractivity contribution in [3.63, 3.8) is 0 Å². The lowest BCUT2D eigenvalue weighted by atomic mass is 10.1. The molecule has 0 aliphatic heterocycles. The molecule has 0 saturated heterocycles. The smallest absolute Gasteiger partial charge is 0.345 e. The predicted octanol–water partition coefficient (Wildman–Crippen LogP) is 5.45. The van der Waals surface area contributed by atoms with Gasteiger partial charge in [0.1, 0.15) is 23.4 Å². The number of carbonyl (C=O) groups is 1. The summed E-state index contributed by atoms with van der Waals surface area (Å²) in [6, 6.07) is 11.6. The van der Waals surface area contributed by atoms with Crippen molar-refractivity contribution in [3.05, 3.63) is 69.6 Å². The summed E-state index contributed by atoms with van der Waals surface area (Å²) in [6.07, 6.45) is -4.46. The van der Waals surface area contributed by atoms with Crippen molar-refractivity contribution >= 4 is 51.0 Å². The number of halogens is 5. The van der Waals surface area contributed by atoms with Crippen LogP contribution in [0.4, 0.5) is 13.2 Å². The first-order valence-electron chi connectivity index (χ1n) is 10.2. The number of fused-ring (bicyclic) bond motifs is 3. The van der Waals surface area contributed by atoms with E-state index in [2.05, 4.69) is 15.3 Å². The Morgan fingerprint density at radius 1 is 1.09 bits per heavy atom. The highest BCUT2D eigenvalue weighted by Gasteiger charge is 2.31. The van der Waals surface area contributed by atoms with E-state index in [0.717, 1.165) is 10.1 Å². The Labute approximate surface area is 203 Å². The number of nitrogens with zero attached hydrogens (tertiary/aromatic N) is 4. The first-order valence-corrected chi connectivity index (χ1v) is 11.0. The van der Waals surface area contributed by atoms with E-state index in [1.54, 1.807) is 36.4 Å². The average molecular weight is 510 g/mol. The zero-order valence-corrected chi connectivity index (χ0v) is 19.8. The third kappa shape index (κ3) is 5.27. The minimum atomic E-state index is -4.46. The largest absolute Gasteiger partial charge is 0.406 e. The van der Waals surface area contributed by atoms with Crippen LogP contribution >= 0.6 is 23.2 Å². The van der Waals surface area contributed by atoms with Gasteiger partial charge in [0.05, 0.1) is 12.1 Å². The maximum absolute atomic E-state index is 13.4. The van der Waals surface area contributed by atoms with Gasteiger partial charge in [-0.2, -0.15) is 13.2 Å². The summed E-state index contributed by atoms with van der Waals surface area (Å²) in [6.45, 7) is -0.680. The molecule has 178 valence electrons. The topological polar surface area (TPSA) is 63.1 Å². The number of rotatable bonds is 6. The van der Waals surface area contributed by atoms with Crippen molar-refractivity contribution in [3.8, 4) is 0 Å². The maximum Gasteiger partial charge on any atom is 0.406 e. The summed E-state index contributed by atoms with van der Waals surface area (Å²) in [5.74, 6) is -0.187. The predicted molar refractivity (Wildman–Crippen MR) is 126 cm³/mol. The average Bonchev–Trinajstić information content (AvgIpc) is 3.04. The number of amides is 1. The molecule has 2 aromatic heterocycles. The van der Waals surface area contributed by atoms with Crippen molar-refractivity contribution in [2.75, 3.05) is 14.1 Å². The van der Waals surface area contributed by atoms with Crippen molar-refractivity contribution in [2.45, 2.75) is 25.8 Å². The van der Waals surface area contributed by atoms with Gasteiger partial charge in [0, 0.05) is 22.5 Å². The second kappa shape index (κ2) is 9.40. The molecule has 0 aliphatic rings. The van der Waals surface area contributed by atoms with Gasteiger partial charge >= 0.3 is 6.18 Å². The quantitative estimate of drug-likeness (QED) is 0.351. The summed E-state index contributed by atoms with van der Waals surface area (Å²) in [7, 11) is 3.80. The Balaban J connectivity index is 1.76. The molecule has 0 bridgehead atoms. The fraction of sp³-hybridized carbons (Fsp3) is 0.261. The fourth-order valence-electron chi connectivity index (χ4n) is 3.78. The summed E-state index contributed by atoms with van der Waals surface area (Å²) < 4.78 is 41.2. The number of nitrogens with one attached hydrogen (secondary N) is 1. The Kier molecular flexibility index (Phi) is 6.71. The van der Waals surface area contributed by atoms with Crippen LogP contribution in [0.5, 0.6) is 0 Å². The number of alkyl halides is 3. The molecule has 4 aromatic rings. The van der Waals surface area contributed by atoms with E-state index in [1.165, 1.54) is 0 Å². The first kappa shape index (κ1) is 24.3. The first-order chi connectivity index (χ1) is 16.0. The van der Waals surface area contributed by atoms with Crippen LogP contribution in [0.25, 0.3) is 21.9 Å². The minimum Gasteiger partial charge on any atom is -0.345 e. The van der Waals surface area contributed by atoms with E-state index < -0.39 is 12.7 Å². The zero-order valence-electron chi connectivity index (χ0n) is 18.2. The number of hydrogen-bond donors (Lipinski definition) is 1. The maximum atomic E-state index is 13.4. The highest BCUT2D eigenvalue weighted by Crippen LogP contribution is 2.34. The third-order valence-electron chi connectivity index (χ3n) is 5.11. The van der Waals surface area contributed by atoms with Gasteiger partial charge in [-0.05, 0) is 56.1 Å². The second-order valence-corrected chi connectivity index (χ2v) is 8.90.